The summed E-state index contributed by atoms with van der Waals surface area (Å²) in [5.74, 6) is 1.57. The summed E-state index contributed by atoms with van der Waals surface area (Å²) in [6.45, 7) is 4.96. The molecule has 0 saturated carbocycles. The van der Waals surface area contributed by atoms with E-state index in [0.29, 0.717) is 13.2 Å². The minimum atomic E-state index is 0.704. The summed E-state index contributed by atoms with van der Waals surface area (Å²) >= 11 is 0. The molecule has 1 fully saturated rings. The lowest BCUT2D eigenvalue weighted by molar-refractivity contribution is 0.122. The van der Waals surface area contributed by atoms with Crippen molar-refractivity contribution in [2.75, 3.05) is 31.2 Å². The summed E-state index contributed by atoms with van der Waals surface area (Å²) in [6, 6.07) is 5.88. The van der Waals surface area contributed by atoms with E-state index in [2.05, 4.69) is 14.9 Å². The van der Waals surface area contributed by atoms with Gasteiger partial charge in [0.1, 0.15) is 5.76 Å². The number of pyridine rings is 1. The van der Waals surface area contributed by atoms with Crippen molar-refractivity contribution < 1.29 is 9.15 Å². The number of hydrogen-bond acceptors (Lipinski definition) is 6. The molecule has 4 rings (SSSR count). The Hall–Kier alpha value is -2.73. The minimum Gasteiger partial charge on any atom is -0.469 e. The number of rotatable bonds is 3. The Bertz CT molecular complexity index is 826. The molecule has 0 aliphatic carbocycles. The smallest absolute Gasteiger partial charge is 0.226 e. The molecule has 24 heavy (non-hydrogen) atoms. The van der Waals surface area contributed by atoms with Crippen molar-refractivity contribution in [3.8, 4) is 22.4 Å². The van der Waals surface area contributed by atoms with Crippen LogP contribution in [0.15, 0.2) is 47.5 Å². The van der Waals surface area contributed by atoms with Crippen LogP contribution in [0.25, 0.3) is 22.4 Å². The molecule has 0 atom stereocenters. The monoisotopic (exact) mass is 322 g/mol. The SMILES string of the molecule is Cc1occc1-c1nc(N2CCOCC2)ncc1-c1ccncc1. The summed E-state index contributed by atoms with van der Waals surface area (Å²) in [5, 5.41) is 0. The molecule has 122 valence electrons. The Balaban J connectivity index is 1.83. The second-order valence-corrected chi connectivity index (χ2v) is 5.66. The molecule has 1 saturated heterocycles. The average Bonchev–Trinajstić information content (AvgIpc) is 3.08. The zero-order chi connectivity index (χ0) is 16.4. The van der Waals surface area contributed by atoms with E-state index in [4.69, 9.17) is 14.1 Å². The van der Waals surface area contributed by atoms with Gasteiger partial charge >= 0.3 is 0 Å². The number of nitrogens with zero attached hydrogens (tertiary/aromatic N) is 4. The Morgan fingerprint density at radius 1 is 1.04 bits per heavy atom. The number of anilines is 1. The normalized spacial score (nSPS) is 14.8. The van der Waals surface area contributed by atoms with E-state index in [9.17, 15) is 0 Å². The first-order valence-electron chi connectivity index (χ1n) is 7.97. The molecule has 1 aliphatic heterocycles. The van der Waals surface area contributed by atoms with Gasteiger partial charge in [0.2, 0.25) is 5.95 Å². The number of ether oxygens (including phenoxy) is 1. The van der Waals surface area contributed by atoms with Gasteiger partial charge in [0.25, 0.3) is 0 Å². The Morgan fingerprint density at radius 2 is 1.83 bits per heavy atom. The first kappa shape index (κ1) is 14.8. The Kier molecular flexibility index (Phi) is 3.96. The van der Waals surface area contributed by atoms with Crippen molar-refractivity contribution in [1.82, 2.24) is 15.0 Å². The largest absolute Gasteiger partial charge is 0.469 e. The summed E-state index contributed by atoms with van der Waals surface area (Å²) in [5.41, 5.74) is 3.87. The maximum Gasteiger partial charge on any atom is 0.226 e. The molecule has 6 nitrogen and oxygen atoms in total. The lowest BCUT2D eigenvalue weighted by Crippen LogP contribution is -2.37. The highest BCUT2D eigenvalue weighted by Gasteiger charge is 2.19. The van der Waals surface area contributed by atoms with Crippen LogP contribution in [0.5, 0.6) is 0 Å². The third-order valence-electron chi connectivity index (χ3n) is 4.18. The molecule has 0 aromatic carbocycles. The summed E-state index contributed by atoms with van der Waals surface area (Å²) in [7, 11) is 0. The molecule has 3 aromatic heterocycles. The number of furan rings is 1. The molecular formula is C18H18N4O2. The fraction of sp³-hybridized carbons (Fsp3) is 0.278. The van der Waals surface area contributed by atoms with Crippen LogP contribution in [0.1, 0.15) is 5.76 Å². The van der Waals surface area contributed by atoms with Crippen LogP contribution < -0.4 is 4.90 Å². The number of aryl methyl sites for hydroxylation is 1. The molecule has 0 N–H and O–H groups in total. The number of hydrogen-bond donors (Lipinski definition) is 0. The summed E-state index contributed by atoms with van der Waals surface area (Å²) < 4.78 is 10.9. The summed E-state index contributed by atoms with van der Waals surface area (Å²) in [4.78, 5) is 15.7. The van der Waals surface area contributed by atoms with E-state index in [1.807, 2.05) is 31.3 Å². The van der Waals surface area contributed by atoms with E-state index in [1.54, 1.807) is 18.7 Å². The predicted octanol–water partition coefficient (Wildman–Crippen LogP) is 2.94. The molecule has 4 heterocycles. The molecule has 0 unspecified atom stereocenters. The fourth-order valence-electron chi connectivity index (χ4n) is 2.87. The molecule has 1 aliphatic rings. The van der Waals surface area contributed by atoms with Crippen LogP contribution in [0.2, 0.25) is 0 Å². The topological polar surface area (TPSA) is 64.3 Å². The molecule has 3 aromatic rings. The van der Waals surface area contributed by atoms with E-state index in [0.717, 1.165) is 47.2 Å². The summed E-state index contributed by atoms with van der Waals surface area (Å²) in [6.07, 6.45) is 7.13. The van der Waals surface area contributed by atoms with Gasteiger partial charge in [0, 0.05) is 42.8 Å². The Labute approximate surface area is 140 Å². The van der Waals surface area contributed by atoms with Crippen LogP contribution in [0.3, 0.4) is 0 Å². The molecule has 0 amide bonds. The standard InChI is InChI=1S/C18H18N4O2/c1-13-15(4-9-24-13)17-16(14-2-5-19-6-3-14)12-20-18(21-17)22-7-10-23-11-8-22/h2-6,9,12H,7-8,10-11H2,1H3. The highest BCUT2D eigenvalue weighted by molar-refractivity contribution is 5.81. The van der Waals surface area contributed by atoms with Crippen LogP contribution in [-0.4, -0.2) is 41.3 Å². The van der Waals surface area contributed by atoms with Crippen molar-refractivity contribution in [3.05, 3.63) is 48.8 Å². The van der Waals surface area contributed by atoms with Gasteiger partial charge in [0.15, 0.2) is 0 Å². The number of morpholine rings is 1. The third kappa shape index (κ3) is 2.76. The molecular weight excluding hydrogens is 304 g/mol. The van der Waals surface area contributed by atoms with E-state index in [1.165, 1.54) is 0 Å². The quantitative estimate of drug-likeness (QED) is 0.739. The van der Waals surface area contributed by atoms with Crippen LogP contribution in [-0.2, 0) is 4.74 Å². The molecule has 0 radical (unpaired) electrons. The molecule has 0 bridgehead atoms. The number of aromatic nitrogens is 3. The van der Waals surface area contributed by atoms with Crippen molar-refractivity contribution >= 4 is 5.95 Å². The average molecular weight is 322 g/mol. The van der Waals surface area contributed by atoms with Gasteiger partial charge < -0.3 is 14.1 Å². The minimum absolute atomic E-state index is 0.704. The zero-order valence-corrected chi connectivity index (χ0v) is 13.5. The second-order valence-electron chi connectivity index (χ2n) is 5.66. The maximum atomic E-state index is 5.49. The van der Waals surface area contributed by atoms with Gasteiger partial charge in [-0.05, 0) is 30.7 Å². The second kappa shape index (κ2) is 6.41. The molecule has 6 heteroatoms. The van der Waals surface area contributed by atoms with E-state index >= 15 is 0 Å². The highest BCUT2D eigenvalue weighted by atomic mass is 16.5. The van der Waals surface area contributed by atoms with Crippen molar-refractivity contribution in [2.24, 2.45) is 0 Å². The van der Waals surface area contributed by atoms with Crippen LogP contribution in [0, 0.1) is 6.92 Å². The lowest BCUT2D eigenvalue weighted by atomic mass is 10.0. The van der Waals surface area contributed by atoms with Gasteiger partial charge in [-0.1, -0.05) is 0 Å². The van der Waals surface area contributed by atoms with Crippen molar-refractivity contribution in [2.45, 2.75) is 6.92 Å². The van der Waals surface area contributed by atoms with E-state index in [-0.39, 0.29) is 0 Å². The maximum absolute atomic E-state index is 5.49. The van der Waals surface area contributed by atoms with Gasteiger partial charge in [-0.15, -0.1) is 0 Å². The predicted molar refractivity (Wildman–Crippen MR) is 90.7 cm³/mol. The first-order chi connectivity index (χ1) is 11.8. The van der Waals surface area contributed by atoms with Gasteiger partial charge in [-0.2, -0.15) is 0 Å². The van der Waals surface area contributed by atoms with Gasteiger partial charge in [0.05, 0.1) is 25.2 Å². The van der Waals surface area contributed by atoms with Crippen LogP contribution >= 0.6 is 0 Å². The third-order valence-corrected chi connectivity index (χ3v) is 4.18. The van der Waals surface area contributed by atoms with Crippen molar-refractivity contribution in [1.29, 1.82) is 0 Å². The fourth-order valence-corrected chi connectivity index (χ4v) is 2.87. The van der Waals surface area contributed by atoms with Gasteiger partial charge in [-0.25, -0.2) is 9.97 Å². The molecule has 0 spiro atoms. The van der Waals surface area contributed by atoms with Crippen molar-refractivity contribution in [3.63, 3.8) is 0 Å². The van der Waals surface area contributed by atoms with Gasteiger partial charge in [-0.3, -0.25) is 4.98 Å². The van der Waals surface area contributed by atoms with Crippen LogP contribution in [0.4, 0.5) is 5.95 Å². The lowest BCUT2D eigenvalue weighted by Gasteiger charge is -2.27. The highest BCUT2D eigenvalue weighted by Crippen LogP contribution is 2.33. The zero-order valence-electron chi connectivity index (χ0n) is 13.5. The van der Waals surface area contributed by atoms with E-state index < -0.39 is 0 Å². The Morgan fingerprint density at radius 3 is 2.54 bits per heavy atom. The first-order valence-corrected chi connectivity index (χ1v) is 7.97.